The number of carbonyl (C=O) groups excluding carboxylic acids is 2. The van der Waals surface area contributed by atoms with E-state index in [-0.39, 0.29) is 17.7 Å². The van der Waals surface area contributed by atoms with Gasteiger partial charge in [0.15, 0.2) is 5.78 Å². The molecule has 1 aliphatic heterocycles. The molecule has 2 heterocycles. The van der Waals surface area contributed by atoms with Crippen LogP contribution in [0.1, 0.15) is 41.2 Å². The van der Waals surface area contributed by atoms with Gasteiger partial charge >= 0.3 is 0 Å². The lowest BCUT2D eigenvalue weighted by atomic mass is 10.0. The molecule has 1 saturated heterocycles. The minimum Gasteiger partial charge on any atom is -0.354 e. The molecule has 0 aromatic carbocycles. The minimum atomic E-state index is 0.0326. The Morgan fingerprint density at radius 3 is 2.60 bits per heavy atom. The summed E-state index contributed by atoms with van der Waals surface area (Å²) in [7, 11) is 0. The highest BCUT2D eigenvalue weighted by Crippen LogP contribution is 2.18. The Kier molecular flexibility index (Phi) is 5.31. The molecule has 1 aliphatic rings. The van der Waals surface area contributed by atoms with Gasteiger partial charge in [0.25, 0.3) is 0 Å². The molecule has 0 aliphatic carbocycles. The summed E-state index contributed by atoms with van der Waals surface area (Å²) in [6.45, 7) is 5.91. The Morgan fingerprint density at radius 2 is 2.05 bits per heavy atom. The molecule has 1 N–H and O–H groups in total. The van der Waals surface area contributed by atoms with Crippen molar-refractivity contribution in [1.82, 2.24) is 10.2 Å². The Hall–Kier alpha value is -1.20. The van der Waals surface area contributed by atoms with Crippen molar-refractivity contribution in [3.63, 3.8) is 0 Å². The second-order valence-corrected chi connectivity index (χ2v) is 6.46. The van der Waals surface area contributed by atoms with Crippen molar-refractivity contribution in [2.45, 2.75) is 39.2 Å². The molecule has 20 heavy (non-hydrogen) atoms. The van der Waals surface area contributed by atoms with Crippen LogP contribution in [0.3, 0.4) is 0 Å². The van der Waals surface area contributed by atoms with E-state index in [0.29, 0.717) is 6.54 Å². The summed E-state index contributed by atoms with van der Waals surface area (Å²) in [5.74, 6) is 0.248. The van der Waals surface area contributed by atoms with Gasteiger partial charge in [0, 0.05) is 30.9 Å². The number of aryl methyl sites for hydroxylation is 1. The van der Waals surface area contributed by atoms with E-state index in [1.54, 1.807) is 18.3 Å². The van der Waals surface area contributed by atoms with Gasteiger partial charge in [-0.1, -0.05) is 6.92 Å². The molecule has 2 rings (SSSR count). The van der Waals surface area contributed by atoms with Gasteiger partial charge in [-0.3, -0.25) is 14.5 Å². The molecule has 1 aromatic rings. The van der Waals surface area contributed by atoms with Crippen LogP contribution in [0.15, 0.2) is 12.1 Å². The van der Waals surface area contributed by atoms with Crippen molar-refractivity contribution in [2.24, 2.45) is 0 Å². The van der Waals surface area contributed by atoms with E-state index in [1.807, 2.05) is 12.1 Å². The summed E-state index contributed by atoms with van der Waals surface area (Å²) in [6, 6.07) is 4.25. The topological polar surface area (TPSA) is 49.4 Å². The van der Waals surface area contributed by atoms with Crippen LogP contribution in [-0.4, -0.2) is 42.3 Å². The standard InChI is InChI=1S/C15H22N2O2S/c1-3-13-4-5-15(20-13)14(19)10-17-8-6-12(7-9-17)16-11(2)18/h4-5,12H,3,6-10H2,1-2H3,(H,16,18). The predicted octanol–water partition coefficient (Wildman–Crippen LogP) is 2.09. The molecule has 4 nitrogen and oxygen atoms in total. The Bertz CT molecular complexity index is 476. The molecule has 1 fully saturated rings. The number of rotatable bonds is 5. The van der Waals surface area contributed by atoms with Gasteiger partial charge < -0.3 is 5.32 Å². The van der Waals surface area contributed by atoms with Crippen LogP contribution in [0.2, 0.25) is 0 Å². The fourth-order valence-corrected chi connectivity index (χ4v) is 3.40. The number of hydrogen-bond donors (Lipinski definition) is 1. The molecule has 1 amide bonds. The van der Waals surface area contributed by atoms with Crippen LogP contribution < -0.4 is 5.32 Å². The van der Waals surface area contributed by atoms with Crippen molar-refractivity contribution < 1.29 is 9.59 Å². The number of ketones is 1. The summed E-state index contributed by atoms with van der Waals surface area (Å²) in [6.07, 6.45) is 2.84. The molecule has 0 radical (unpaired) electrons. The van der Waals surface area contributed by atoms with E-state index in [9.17, 15) is 9.59 Å². The number of amides is 1. The maximum Gasteiger partial charge on any atom is 0.217 e. The summed E-state index contributed by atoms with van der Waals surface area (Å²) in [4.78, 5) is 27.5. The van der Waals surface area contributed by atoms with Crippen LogP contribution in [-0.2, 0) is 11.2 Å². The van der Waals surface area contributed by atoms with E-state index >= 15 is 0 Å². The molecule has 5 heteroatoms. The quantitative estimate of drug-likeness (QED) is 0.846. The first-order chi connectivity index (χ1) is 9.58. The third-order valence-electron chi connectivity index (χ3n) is 3.65. The van der Waals surface area contributed by atoms with E-state index in [4.69, 9.17) is 0 Å². The Labute approximate surface area is 124 Å². The Balaban J connectivity index is 1.80. The van der Waals surface area contributed by atoms with Crippen LogP contribution in [0.5, 0.6) is 0 Å². The van der Waals surface area contributed by atoms with E-state index in [1.165, 1.54) is 4.88 Å². The lowest BCUT2D eigenvalue weighted by Gasteiger charge is -2.31. The first kappa shape index (κ1) is 15.2. The van der Waals surface area contributed by atoms with Gasteiger partial charge in [-0.25, -0.2) is 0 Å². The van der Waals surface area contributed by atoms with Gasteiger partial charge in [0.2, 0.25) is 5.91 Å². The number of carbonyl (C=O) groups is 2. The van der Waals surface area contributed by atoms with E-state index in [0.717, 1.165) is 37.2 Å². The first-order valence-electron chi connectivity index (χ1n) is 7.20. The average molecular weight is 294 g/mol. The monoisotopic (exact) mass is 294 g/mol. The molecule has 0 bridgehead atoms. The van der Waals surface area contributed by atoms with Gasteiger partial charge in [-0.05, 0) is 31.4 Å². The normalized spacial score (nSPS) is 17.1. The highest BCUT2D eigenvalue weighted by atomic mass is 32.1. The molecule has 0 atom stereocenters. The molecule has 0 unspecified atom stereocenters. The SMILES string of the molecule is CCc1ccc(C(=O)CN2CCC(NC(C)=O)CC2)s1. The number of thiophene rings is 1. The fourth-order valence-electron chi connectivity index (χ4n) is 2.52. The molecule has 0 saturated carbocycles. The van der Waals surface area contributed by atoms with Crippen LogP contribution in [0.25, 0.3) is 0 Å². The van der Waals surface area contributed by atoms with Gasteiger partial charge in [0.1, 0.15) is 0 Å². The van der Waals surface area contributed by atoms with E-state index in [2.05, 4.69) is 17.1 Å². The number of nitrogens with one attached hydrogen (secondary N) is 1. The third kappa shape index (κ3) is 4.15. The number of Topliss-reactive ketones (excluding diaryl/α,β-unsaturated/α-hetero) is 1. The van der Waals surface area contributed by atoms with E-state index < -0.39 is 0 Å². The van der Waals surface area contributed by atoms with Crippen LogP contribution in [0.4, 0.5) is 0 Å². The lowest BCUT2D eigenvalue weighted by molar-refractivity contribution is -0.119. The summed E-state index contributed by atoms with van der Waals surface area (Å²) < 4.78 is 0. The summed E-state index contributed by atoms with van der Waals surface area (Å²) in [5.41, 5.74) is 0. The first-order valence-corrected chi connectivity index (χ1v) is 8.01. The van der Waals surface area contributed by atoms with Crippen LogP contribution >= 0.6 is 11.3 Å². The predicted molar refractivity (Wildman–Crippen MR) is 81.3 cm³/mol. The number of piperidine rings is 1. The third-order valence-corrected chi connectivity index (χ3v) is 4.92. The highest BCUT2D eigenvalue weighted by molar-refractivity contribution is 7.14. The summed E-state index contributed by atoms with van der Waals surface area (Å²) in [5, 5.41) is 2.95. The zero-order valence-electron chi connectivity index (χ0n) is 12.1. The van der Waals surface area contributed by atoms with Crippen molar-refractivity contribution in [3.8, 4) is 0 Å². The fraction of sp³-hybridized carbons (Fsp3) is 0.600. The second-order valence-electron chi connectivity index (χ2n) is 5.29. The van der Waals surface area contributed by atoms with Gasteiger partial charge in [-0.15, -0.1) is 11.3 Å². The number of likely N-dealkylation sites (tertiary alicyclic amines) is 1. The Morgan fingerprint density at radius 1 is 1.35 bits per heavy atom. The van der Waals surface area contributed by atoms with Gasteiger partial charge in [-0.2, -0.15) is 0 Å². The minimum absolute atomic E-state index is 0.0326. The maximum absolute atomic E-state index is 12.2. The molecular weight excluding hydrogens is 272 g/mol. The van der Waals surface area contributed by atoms with Crippen molar-refractivity contribution in [1.29, 1.82) is 0 Å². The molecule has 110 valence electrons. The largest absolute Gasteiger partial charge is 0.354 e. The number of nitrogens with zero attached hydrogens (tertiary/aromatic N) is 1. The van der Waals surface area contributed by atoms with Crippen molar-refractivity contribution in [3.05, 3.63) is 21.9 Å². The zero-order valence-corrected chi connectivity index (χ0v) is 13.0. The second kappa shape index (κ2) is 6.99. The molecular formula is C15H22N2O2S. The lowest BCUT2D eigenvalue weighted by Crippen LogP contribution is -2.45. The highest BCUT2D eigenvalue weighted by Gasteiger charge is 2.22. The van der Waals surface area contributed by atoms with Crippen LogP contribution in [0, 0.1) is 0 Å². The molecule has 1 aromatic heterocycles. The van der Waals surface area contributed by atoms with Crippen molar-refractivity contribution in [2.75, 3.05) is 19.6 Å². The number of hydrogen-bond acceptors (Lipinski definition) is 4. The maximum atomic E-state index is 12.2. The molecule has 0 spiro atoms. The zero-order chi connectivity index (χ0) is 14.5. The average Bonchev–Trinajstić information content (AvgIpc) is 2.89. The smallest absolute Gasteiger partial charge is 0.217 e. The van der Waals surface area contributed by atoms with Crippen molar-refractivity contribution >= 4 is 23.0 Å². The summed E-state index contributed by atoms with van der Waals surface area (Å²) >= 11 is 1.61. The van der Waals surface area contributed by atoms with Gasteiger partial charge in [0.05, 0.1) is 11.4 Å².